The summed E-state index contributed by atoms with van der Waals surface area (Å²) in [6, 6.07) is 5.40. The quantitative estimate of drug-likeness (QED) is 0.463. The lowest BCUT2D eigenvalue weighted by Crippen LogP contribution is -2.29. The van der Waals surface area contributed by atoms with Gasteiger partial charge in [-0.2, -0.15) is 0 Å². The number of carbonyl (C=O) groups excluding carboxylic acids is 1. The predicted octanol–water partition coefficient (Wildman–Crippen LogP) is 5.67. The standard InChI is InChI=1S/C20H32ClNO2/c1-3-4-5-6-7-8-9-10-11-14-22-20(23)16-24-19-13-12-18(21)15-17(19)2/h12-13,15H,3-11,14,16H2,1-2H3,(H,22,23). The molecule has 0 aliphatic carbocycles. The van der Waals surface area contributed by atoms with Crippen LogP contribution in [-0.2, 0) is 4.79 Å². The minimum Gasteiger partial charge on any atom is -0.484 e. The fourth-order valence-electron chi connectivity index (χ4n) is 2.63. The van der Waals surface area contributed by atoms with Gasteiger partial charge in [-0.3, -0.25) is 4.79 Å². The minimum absolute atomic E-state index is 0.0555. The van der Waals surface area contributed by atoms with Crippen molar-refractivity contribution in [1.29, 1.82) is 0 Å². The molecule has 0 aromatic heterocycles. The summed E-state index contributed by atoms with van der Waals surface area (Å²) in [6.45, 7) is 4.95. The molecule has 1 N–H and O–H groups in total. The summed E-state index contributed by atoms with van der Waals surface area (Å²) in [5, 5.41) is 3.59. The normalized spacial score (nSPS) is 10.6. The van der Waals surface area contributed by atoms with E-state index in [1.165, 1.54) is 51.4 Å². The largest absolute Gasteiger partial charge is 0.484 e. The molecule has 3 nitrogen and oxygen atoms in total. The molecule has 0 fully saturated rings. The molecule has 1 aromatic rings. The maximum absolute atomic E-state index is 11.8. The Balaban J connectivity index is 1.98. The topological polar surface area (TPSA) is 38.3 Å². The van der Waals surface area contributed by atoms with Crippen molar-refractivity contribution in [3.63, 3.8) is 0 Å². The molecule has 24 heavy (non-hydrogen) atoms. The lowest BCUT2D eigenvalue weighted by atomic mass is 10.1. The zero-order chi connectivity index (χ0) is 17.6. The van der Waals surface area contributed by atoms with Crippen LogP contribution in [0.3, 0.4) is 0 Å². The molecule has 0 saturated carbocycles. The maximum Gasteiger partial charge on any atom is 0.257 e. The number of ether oxygens (including phenoxy) is 1. The number of hydrogen-bond acceptors (Lipinski definition) is 2. The molecule has 1 rings (SSSR count). The van der Waals surface area contributed by atoms with Gasteiger partial charge in [-0.05, 0) is 37.1 Å². The lowest BCUT2D eigenvalue weighted by molar-refractivity contribution is -0.123. The summed E-state index contributed by atoms with van der Waals surface area (Å²) in [6.07, 6.45) is 11.6. The van der Waals surface area contributed by atoms with Crippen LogP contribution in [0.2, 0.25) is 5.02 Å². The van der Waals surface area contributed by atoms with Crippen molar-refractivity contribution < 1.29 is 9.53 Å². The second-order valence-corrected chi connectivity index (χ2v) is 6.81. The summed E-state index contributed by atoms with van der Waals surface area (Å²) in [7, 11) is 0. The van der Waals surface area contributed by atoms with Crippen molar-refractivity contribution in [2.45, 2.75) is 71.6 Å². The first-order chi connectivity index (χ1) is 11.6. The smallest absolute Gasteiger partial charge is 0.257 e. The van der Waals surface area contributed by atoms with Gasteiger partial charge in [0.2, 0.25) is 0 Å². The molecule has 1 aromatic carbocycles. The van der Waals surface area contributed by atoms with Crippen LogP contribution in [0.25, 0.3) is 0 Å². The van der Waals surface area contributed by atoms with Crippen molar-refractivity contribution in [1.82, 2.24) is 5.32 Å². The Morgan fingerprint density at radius 1 is 1.04 bits per heavy atom. The summed E-state index contributed by atoms with van der Waals surface area (Å²) >= 11 is 5.90. The molecule has 4 heteroatoms. The van der Waals surface area contributed by atoms with Gasteiger partial charge in [0, 0.05) is 11.6 Å². The SMILES string of the molecule is CCCCCCCCCCCNC(=O)COc1ccc(Cl)cc1C. The van der Waals surface area contributed by atoms with Crippen molar-refractivity contribution in [2.75, 3.05) is 13.2 Å². The van der Waals surface area contributed by atoms with Gasteiger partial charge < -0.3 is 10.1 Å². The number of benzene rings is 1. The first-order valence-electron chi connectivity index (χ1n) is 9.29. The molecule has 1 amide bonds. The lowest BCUT2D eigenvalue weighted by Gasteiger charge is -2.10. The molecular formula is C20H32ClNO2. The third-order valence-corrected chi connectivity index (χ3v) is 4.33. The number of amides is 1. The predicted molar refractivity (Wildman–Crippen MR) is 102 cm³/mol. The van der Waals surface area contributed by atoms with Crippen LogP contribution in [-0.4, -0.2) is 19.1 Å². The highest BCUT2D eigenvalue weighted by molar-refractivity contribution is 6.30. The van der Waals surface area contributed by atoms with E-state index >= 15 is 0 Å². The second-order valence-electron chi connectivity index (χ2n) is 6.38. The number of carbonyl (C=O) groups is 1. The van der Waals surface area contributed by atoms with E-state index < -0.39 is 0 Å². The molecule has 0 heterocycles. The molecule has 0 aliphatic rings. The van der Waals surface area contributed by atoms with Gasteiger partial charge in [0.05, 0.1) is 0 Å². The number of nitrogens with one attached hydrogen (secondary N) is 1. The van der Waals surface area contributed by atoms with Crippen LogP contribution in [0.4, 0.5) is 0 Å². The Morgan fingerprint density at radius 2 is 1.67 bits per heavy atom. The molecule has 0 saturated heterocycles. The van der Waals surface area contributed by atoms with Gasteiger partial charge in [0.1, 0.15) is 5.75 Å². The fourth-order valence-corrected chi connectivity index (χ4v) is 2.86. The van der Waals surface area contributed by atoms with Gasteiger partial charge in [-0.25, -0.2) is 0 Å². The van der Waals surface area contributed by atoms with Crippen molar-refractivity contribution in [2.24, 2.45) is 0 Å². The first-order valence-corrected chi connectivity index (χ1v) is 9.67. The minimum atomic E-state index is -0.0658. The van der Waals surface area contributed by atoms with Gasteiger partial charge in [-0.15, -0.1) is 0 Å². The Labute approximate surface area is 152 Å². The summed E-state index contributed by atoms with van der Waals surface area (Å²) in [4.78, 5) is 11.8. The average molecular weight is 354 g/mol. The molecule has 0 bridgehead atoms. The first kappa shape index (κ1) is 20.8. The zero-order valence-electron chi connectivity index (χ0n) is 15.2. The molecule has 0 radical (unpaired) electrons. The van der Waals surface area contributed by atoms with E-state index in [4.69, 9.17) is 16.3 Å². The van der Waals surface area contributed by atoms with Crippen molar-refractivity contribution >= 4 is 17.5 Å². The van der Waals surface area contributed by atoms with Gasteiger partial charge in [0.25, 0.3) is 5.91 Å². The monoisotopic (exact) mass is 353 g/mol. The van der Waals surface area contributed by atoms with E-state index in [0.29, 0.717) is 10.8 Å². The van der Waals surface area contributed by atoms with Crippen LogP contribution in [0.1, 0.15) is 70.3 Å². The Morgan fingerprint density at radius 3 is 2.29 bits per heavy atom. The number of unbranched alkanes of at least 4 members (excludes halogenated alkanes) is 8. The van der Waals surface area contributed by atoms with E-state index in [9.17, 15) is 4.79 Å². The van der Waals surface area contributed by atoms with E-state index in [2.05, 4.69) is 12.2 Å². The van der Waals surface area contributed by atoms with Gasteiger partial charge >= 0.3 is 0 Å². The van der Waals surface area contributed by atoms with E-state index in [1.54, 1.807) is 12.1 Å². The highest BCUT2D eigenvalue weighted by atomic mass is 35.5. The van der Waals surface area contributed by atoms with Crippen LogP contribution >= 0.6 is 11.6 Å². The second kappa shape index (κ2) is 13.1. The maximum atomic E-state index is 11.8. The van der Waals surface area contributed by atoms with Crippen LogP contribution in [0.15, 0.2) is 18.2 Å². The van der Waals surface area contributed by atoms with Crippen LogP contribution < -0.4 is 10.1 Å². The summed E-state index contributed by atoms with van der Waals surface area (Å²) < 4.78 is 5.53. The van der Waals surface area contributed by atoms with Crippen molar-refractivity contribution in [3.8, 4) is 5.75 Å². The molecular weight excluding hydrogens is 322 g/mol. The Hall–Kier alpha value is -1.22. The van der Waals surface area contributed by atoms with E-state index in [-0.39, 0.29) is 12.5 Å². The van der Waals surface area contributed by atoms with Crippen LogP contribution in [0.5, 0.6) is 5.75 Å². The van der Waals surface area contributed by atoms with Gasteiger partial charge in [-0.1, -0.05) is 69.9 Å². The number of rotatable bonds is 13. The molecule has 0 aliphatic heterocycles. The Kier molecular flexibility index (Phi) is 11.4. The summed E-state index contributed by atoms with van der Waals surface area (Å²) in [5.74, 6) is 0.640. The molecule has 136 valence electrons. The number of hydrogen-bond donors (Lipinski definition) is 1. The highest BCUT2D eigenvalue weighted by Crippen LogP contribution is 2.21. The van der Waals surface area contributed by atoms with E-state index in [0.717, 1.165) is 18.5 Å². The zero-order valence-corrected chi connectivity index (χ0v) is 16.0. The van der Waals surface area contributed by atoms with Crippen molar-refractivity contribution in [3.05, 3.63) is 28.8 Å². The Bertz CT molecular complexity index is 477. The molecule has 0 atom stereocenters. The molecule has 0 spiro atoms. The average Bonchev–Trinajstić information content (AvgIpc) is 2.56. The third-order valence-electron chi connectivity index (χ3n) is 4.10. The fraction of sp³-hybridized carbons (Fsp3) is 0.650. The highest BCUT2D eigenvalue weighted by Gasteiger charge is 2.05. The van der Waals surface area contributed by atoms with Gasteiger partial charge in [0.15, 0.2) is 6.61 Å². The van der Waals surface area contributed by atoms with Crippen LogP contribution in [0, 0.1) is 6.92 Å². The van der Waals surface area contributed by atoms with E-state index in [1.807, 2.05) is 13.0 Å². The number of halogens is 1. The third kappa shape index (κ3) is 9.82. The number of aryl methyl sites for hydroxylation is 1. The molecule has 0 unspecified atom stereocenters. The summed E-state index contributed by atoms with van der Waals surface area (Å²) in [5.41, 5.74) is 0.939.